The minimum Gasteiger partial charge on any atom is -0.395 e. The standard InChI is InChI=1S/C15H22BrNO2/c1-3-4-9-17(10-11-18)12(2)15(19)13-5-7-14(16)8-6-13/h5-8,12,18H,3-4,9-11H2,1-2H3. The molecule has 0 amide bonds. The van der Waals surface area contributed by atoms with E-state index in [1.54, 1.807) is 0 Å². The molecule has 0 radical (unpaired) electrons. The second-order valence-electron chi connectivity index (χ2n) is 4.66. The number of aliphatic hydroxyl groups is 1. The number of carbonyl (C=O) groups excluding carboxylic acids is 1. The van der Waals surface area contributed by atoms with Crippen molar-refractivity contribution in [1.82, 2.24) is 4.90 Å². The zero-order valence-corrected chi connectivity index (χ0v) is 13.2. The summed E-state index contributed by atoms with van der Waals surface area (Å²) in [6.07, 6.45) is 2.12. The zero-order valence-electron chi connectivity index (χ0n) is 11.6. The highest BCUT2D eigenvalue weighted by Gasteiger charge is 2.21. The summed E-state index contributed by atoms with van der Waals surface area (Å²) in [5.74, 6) is 0.108. The largest absolute Gasteiger partial charge is 0.395 e. The van der Waals surface area contributed by atoms with Gasteiger partial charge in [-0.05, 0) is 32.0 Å². The van der Waals surface area contributed by atoms with Gasteiger partial charge in [0, 0.05) is 16.6 Å². The fourth-order valence-corrected chi connectivity index (χ4v) is 2.27. The average Bonchev–Trinajstić information content (AvgIpc) is 2.42. The number of nitrogens with zero attached hydrogens (tertiary/aromatic N) is 1. The van der Waals surface area contributed by atoms with Crippen LogP contribution in [0.3, 0.4) is 0 Å². The van der Waals surface area contributed by atoms with Crippen molar-refractivity contribution in [2.45, 2.75) is 32.7 Å². The SMILES string of the molecule is CCCCN(CCO)C(C)C(=O)c1ccc(Br)cc1. The molecule has 0 bridgehead atoms. The van der Waals surface area contributed by atoms with E-state index >= 15 is 0 Å². The summed E-state index contributed by atoms with van der Waals surface area (Å²) >= 11 is 3.36. The molecule has 1 unspecified atom stereocenters. The molecule has 0 aliphatic heterocycles. The molecule has 106 valence electrons. The molecule has 1 rings (SSSR count). The van der Waals surface area contributed by atoms with Gasteiger partial charge in [0.15, 0.2) is 5.78 Å². The van der Waals surface area contributed by atoms with Crippen LogP contribution in [0.25, 0.3) is 0 Å². The Morgan fingerprint density at radius 1 is 1.32 bits per heavy atom. The molecule has 1 atom stereocenters. The average molecular weight is 328 g/mol. The van der Waals surface area contributed by atoms with Gasteiger partial charge in [0.2, 0.25) is 0 Å². The van der Waals surface area contributed by atoms with Gasteiger partial charge in [-0.1, -0.05) is 41.4 Å². The van der Waals surface area contributed by atoms with Crippen LogP contribution in [0.5, 0.6) is 0 Å². The normalized spacial score (nSPS) is 12.7. The number of halogens is 1. The van der Waals surface area contributed by atoms with Gasteiger partial charge in [-0.2, -0.15) is 0 Å². The third kappa shape index (κ3) is 5.05. The smallest absolute Gasteiger partial charge is 0.179 e. The quantitative estimate of drug-likeness (QED) is 0.746. The summed E-state index contributed by atoms with van der Waals surface area (Å²) in [6, 6.07) is 7.23. The lowest BCUT2D eigenvalue weighted by Gasteiger charge is -2.27. The Balaban J connectivity index is 2.74. The number of unbranched alkanes of at least 4 members (excludes halogenated alkanes) is 1. The molecule has 3 nitrogen and oxygen atoms in total. The minimum absolute atomic E-state index is 0.0850. The maximum absolute atomic E-state index is 12.4. The number of benzene rings is 1. The Kier molecular flexibility index (Phi) is 7.28. The summed E-state index contributed by atoms with van der Waals surface area (Å²) in [7, 11) is 0. The number of aliphatic hydroxyl groups excluding tert-OH is 1. The van der Waals surface area contributed by atoms with Crippen molar-refractivity contribution in [3.05, 3.63) is 34.3 Å². The van der Waals surface area contributed by atoms with E-state index < -0.39 is 0 Å². The van der Waals surface area contributed by atoms with Gasteiger partial charge in [-0.15, -0.1) is 0 Å². The van der Waals surface area contributed by atoms with Crippen molar-refractivity contribution in [2.75, 3.05) is 19.7 Å². The molecule has 0 saturated carbocycles. The van der Waals surface area contributed by atoms with Crippen molar-refractivity contribution in [1.29, 1.82) is 0 Å². The van der Waals surface area contributed by atoms with E-state index in [1.807, 2.05) is 36.1 Å². The van der Waals surface area contributed by atoms with E-state index in [0.29, 0.717) is 6.54 Å². The van der Waals surface area contributed by atoms with Crippen molar-refractivity contribution in [3.8, 4) is 0 Å². The second kappa shape index (κ2) is 8.46. The molecule has 0 aliphatic rings. The lowest BCUT2D eigenvalue weighted by Crippen LogP contribution is -2.41. The second-order valence-corrected chi connectivity index (χ2v) is 5.58. The number of hydrogen-bond acceptors (Lipinski definition) is 3. The Bertz CT molecular complexity index is 392. The van der Waals surface area contributed by atoms with Crippen molar-refractivity contribution in [3.63, 3.8) is 0 Å². The third-order valence-electron chi connectivity index (χ3n) is 3.24. The lowest BCUT2D eigenvalue weighted by atomic mass is 10.0. The zero-order chi connectivity index (χ0) is 14.3. The number of rotatable bonds is 8. The Labute approximate surface area is 123 Å². The molecule has 1 aromatic carbocycles. The molecule has 4 heteroatoms. The highest BCUT2D eigenvalue weighted by Crippen LogP contribution is 2.14. The number of carbonyl (C=O) groups is 1. The van der Waals surface area contributed by atoms with Crippen LogP contribution >= 0.6 is 15.9 Å². The monoisotopic (exact) mass is 327 g/mol. The summed E-state index contributed by atoms with van der Waals surface area (Å²) < 4.78 is 0.968. The van der Waals surface area contributed by atoms with Gasteiger partial charge in [-0.3, -0.25) is 9.69 Å². The van der Waals surface area contributed by atoms with E-state index in [4.69, 9.17) is 5.11 Å². The molecule has 1 N–H and O–H groups in total. The summed E-state index contributed by atoms with van der Waals surface area (Å²) in [6.45, 7) is 5.51. The minimum atomic E-state index is -0.195. The maximum Gasteiger partial charge on any atom is 0.179 e. The molecule has 0 aromatic heterocycles. The van der Waals surface area contributed by atoms with Gasteiger partial charge < -0.3 is 5.11 Å². The van der Waals surface area contributed by atoms with Gasteiger partial charge in [0.05, 0.1) is 12.6 Å². The van der Waals surface area contributed by atoms with E-state index in [-0.39, 0.29) is 18.4 Å². The fraction of sp³-hybridized carbons (Fsp3) is 0.533. The Morgan fingerprint density at radius 3 is 2.47 bits per heavy atom. The van der Waals surface area contributed by atoms with Crippen LogP contribution in [0.4, 0.5) is 0 Å². The molecule has 19 heavy (non-hydrogen) atoms. The van der Waals surface area contributed by atoms with Crippen LogP contribution < -0.4 is 0 Å². The van der Waals surface area contributed by atoms with Crippen LogP contribution in [0.2, 0.25) is 0 Å². The Morgan fingerprint density at radius 2 is 1.95 bits per heavy atom. The highest BCUT2D eigenvalue weighted by molar-refractivity contribution is 9.10. The Hall–Kier alpha value is -0.710. The van der Waals surface area contributed by atoms with Crippen molar-refractivity contribution in [2.24, 2.45) is 0 Å². The summed E-state index contributed by atoms with van der Waals surface area (Å²) in [4.78, 5) is 14.4. The molecule has 1 aromatic rings. The molecule has 0 fully saturated rings. The number of Topliss-reactive ketones (excluding diaryl/α,β-unsaturated/α-hetero) is 1. The number of ketones is 1. The molecular weight excluding hydrogens is 306 g/mol. The van der Waals surface area contributed by atoms with Gasteiger partial charge in [0.1, 0.15) is 0 Å². The van der Waals surface area contributed by atoms with E-state index in [9.17, 15) is 4.79 Å². The third-order valence-corrected chi connectivity index (χ3v) is 3.77. The van der Waals surface area contributed by atoms with E-state index in [2.05, 4.69) is 22.9 Å². The summed E-state index contributed by atoms with van der Waals surface area (Å²) in [5.41, 5.74) is 0.718. The van der Waals surface area contributed by atoms with Crippen LogP contribution in [0.15, 0.2) is 28.7 Å². The van der Waals surface area contributed by atoms with Crippen LogP contribution in [0, 0.1) is 0 Å². The highest BCUT2D eigenvalue weighted by atomic mass is 79.9. The number of hydrogen-bond donors (Lipinski definition) is 1. The van der Waals surface area contributed by atoms with Gasteiger partial charge in [-0.25, -0.2) is 0 Å². The molecule has 0 spiro atoms. The van der Waals surface area contributed by atoms with Gasteiger partial charge in [0.25, 0.3) is 0 Å². The first-order valence-electron chi connectivity index (χ1n) is 6.74. The predicted octanol–water partition coefficient (Wildman–Crippen LogP) is 3.11. The summed E-state index contributed by atoms with van der Waals surface area (Å²) in [5, 5.41) is 9.11. The first-order chi connectivity index (χ1) is 9.10. The van der Waals surface area contributed by atoms with Crippen LogP contribution in [-0.2, 0) is 0 Å². The maximum atomic E-state index is 12.4. The topological polar surface area (TPSA) is 40.5 Å². The van der Waals surface area contributed by atoms with Gasteiger partial charge >= 0.3 is 0 Å². The van der Waals surface area contributed by atoms with Crippen LogP contribution in [0.1, 0.15) is 37.0 Å². The van der Waals surface area contributed by atoms with Crippen LogP contribution in [-0.4, -0.2) is 41.5 Å². The predicted molar refractivity (Wildman–Crippen MR) is 81.5 cm³/mol. The fourth-order valence-electron chi connectivity index (χ4n) is 2.01. The van der Waals surface area contributed by atoms with E-state index in [1.165, 1.54) is 0 Å². The molecular formula is C15H22BrNO2. The van der Waals surface area contributed by atoms with Crippen molar-refractivity contribution >= 4 is 21.7 Å². The van der Waals surface area contributed by atoms with E-state index in [0.717, 1.165) is 29.4 Å². The molecule has 0 aliphatic carbocycles. The molecule has 0 heterocycles. The molecule has 0 saturated heterocycles. The first kappa shape index (κ1) is 16.3. The van der Waals surface area contributed by atoms with Crippen molar-refractivity contribution < 1.29 is 9.90 Å². The lowest BCUT2D eigenvalue weighted by molar-refractivity contribution is 0.0805. The first-order valence-corrected chi connectivity index (χ1v) is 7.54.